The molecular formula is C16H10ClN5O. The highest BCUT2D eigenvalue weighted by atomic mass is 35.5. The second-order valence-corrected chi connectivity index (χ2v) is 5.24. The van der Waals surface area contributed by atoms with E-state index in [4.69, 9.17) is 16.0 Å². The van der Waals surface area contributed by atoms with Gasteiger partial charge >= 0.3 is 0 Å². The number of halogens is 1. The van der Waals surface area contributed by atoms with Crippen LogP contribution in [0.1, 0.15) is 0 Å². The van der Waals surface area contributed by atoms with Gasteiger partial charge in [0.25, 0.3) is 11.8 Å². The van der Waals surface area contributed by atoms with Gasteiger partial charge in [-0.25, -0.2) is 0 Å². The number of H-pyrrole nitrogens is 1. The first kappa shape index (κ1) is 13.7. The van der Waals surface area contributed by atoms with Crippen molar-refractivity contribution in [2.75, 3.05) is 0 Å². The van der Waals surface area contributed by atoms with Gasteiger partial charge in [0.05, 0.1) is 5.69 Å². The van der Waals surface area contributed by atoms with Gasteiger partial charge in [0.2, 0.25) is 0 Å². The minimum absolute atomic E-state index is 0.360. The number of hydrogen-bond donors (Lipinski definition) is 1. The summed E-state index contributed by atoms with van der Waals surface area (Å²) in [7, 11) is 0. The Morgan fingerprint density at radius 1 is 0.913 bits per heavy atom. The Kier molecular flexibility index (Phi) is 3.36. The number of aromatic amines is 1. The second-order valence-electron chi connectivity index (χ2n) is 4.80. The fraction of sp³-hybridized carbons (Fsp3) is 0. The van der Waals surface area contributed by atoms with E-state index in [1.54, 1.807) is 6.20 Å². The Morgan fingerprint density at radius 2 is 1.74 bits per heavy atom. The quantitative estimate of drug-likeness (QED) is 0.619. The number of pyridine rings is 1. The van der Waals surface area contributed by atoms with Crippen molar-refractivity contribution < 1.29 is 4.42 Å². The molecule has 0 saturated heterocycles. The van der Waals surface area contributed by atoms with Gasteiger partial charge in [-0.05, 0) is 30.3 Å². The van der Waals surface area contributed by atoms with Crippen molar-refractivity contribution in [3.63, 3.8) is 0 Å². The third kappa shape index (κ3) is 2.72. The van der Waals surface area contributed by atoms with Crippen molar-refractivity contribution in [1.29, 1.82) is 0 Å². The van der Waals surface area contributed by atoms with E-state index in [1.165, 1.54) is 0 Å². The highest BCUT2D eigenvalue weighted by Gasteiger charge is 2.14. The predicted octanol–water partition coefficient (Wildman–Crippen LogP) is 3.84. The van der Waals surface area contributed by atoms with Crippen LogP contribution in [0.25, 0.3) is 34.4 Å². The fourth-order valence-electron chi connectivity index (χ4n) is 2.12. The van der Waals surface area contributed by atoms with E-state index in [9.17, 15) is 0 Å². The molecule has 23 heavy (non-hydrogen) atoms. The largest absolute Gasteiger partial charge is 0.413 e. The number of hydrogen-bond acceptors (Lipinski definition) is 5. The first-order valence-corrected chi connectivity index (χ1v) is 7.24. The van der Waals surface area contributed by atoms with Crippen LogP contribution in [0.3, 0.4) is 0 Å². The molecule has 0 atom stereocenters. The average Bonchev–Trinajstić information content (AvgIpc) is 3.26. The zero-order valence-corrected chi connectivity index (χ0v) is 12.5. The summed E-state index contributed by atoms with van der Waals surface area (Å²) in [5, 5.41) is 15.9. The lowest BCUT2D eigenvalue weighted by atomic mass is 10.1. The minimum Gasteiger partial charge on any atom is -0.413 e. The van der Waals surface area contributed by atoms with Crippen LogP contribution in [0.4, 0.5) is 0 Å². The number of rotatable bonds is 3. The Balaban J connectivity index is 1.65. The zero-order chi connectivity index (χ0) is 15.6. The van der Waals surface area contributed by atoms with Gasteiger partial charge in [-0.3, -0.25) is 10.1 Å². The average molecular weight is 324 g/mol. The fourth-order valence-corrected chi connectivity index (χ4v) is 2.25. The van der Waals surface area contributed by atoms with E-state index in [0.29, 0.717) is 28.2 Å². The SMILES string of the molecule is Clc1ccc(-c2cc(-c3nnc(-c4ccccn4)o3)[nH]n2)cc1. The van der Waals surface area contributed by atoms with Gasteiger partial charge in [-0.1, -0.05) is 29.8 Å². The number of nitrogens with zero attached hydrogens (tertiary/aromatic N) is 4. The zero-order valence-electron chi connectivity index (χ0n) is 11.8. The van der Waals surface area contributed by atoms with Gasteiger partial charge in [-0.15, -0.1) is 10.2 Å². The van der Waals surface area contributed by atoms with Crippen molar-refractivity contribution in [3.05, 3.63) is 59.8 Å². The van der Waals surface area contributed by atoms with Crippen LogP contribution in [-0.4, -0.2) is 25.4 Å². The molecule has 0 spiro atoms. The third-order valence-corrected chi connectivity index (χ3v) is 3.51. The monoisotopic (exact) mass is 323 g/mol. The van der Waals surface area contributed by atoms with Gasteiger partial charge in [0, 0.05) is 16.8 Å². The number of benzene rings is 1. The summed E-state index contributed by atoms with van der Waals surface area (Å²) in [5.41, 5.74) is 2.99. The summed E-state index contributed by atoms with van der Waals surface area (Å²) in [6.07, 6.45) is 1.67. The lowest BCUT2D eigenvalue weighted by molar-refractivity contribution is 0.579. The molecule has 4 rings (SSSR count). The molecular weight excluding hydrogens is 314 g/mol. The van der Waals surface area contributed by atoms with Crippen molar-refractivity contribution in [1.82, 2.24) is 25.4 Å². The summed E-state index contributed by atoms with van der Waals surface area (Å²) in [6, 6.07) is 14.8. The summed E-state index contributed by atoms with van der Waals surface area (Å²) in [5.74, 6) is 0.724. The summed E-state index contributed by atoms with van der Waals surface area (Å²) in [4.78, 5) is 4.18. The van der Waals surface area contributed by atoms with Crippen LogP contribution < -0.4 is 0 Å². The van der Waals surface area contributed by atoms with Crippen LogP contribution >= 0.6 is 11.6 Å². The Bertz CT molecular complexity index is 931. The summed E-state index contributed by atoms with van der Waals surface area (Å²) >= 11 is 5.89. The summed E-state index contributed by atoms with van der Waals surface area (Å²) in [6.45, 7) is 0. The van der Waals surface area contributed by atoms with Crippen LogP contribution in [0.2, 0.25) is 5.02 Å². The molecule has 1 N–H and O–H groups in total. The third-order valence-electron chi connectivity index (χ3n) is 3.26. The maximum Gasteiger partial charge on any atom is 0.266 e. The molecule has 0 fully saturated rings. The topological polar surface area (TPSA) is 80.5 Å². The number of nitrogens with one attached hydrogen (secondary N) is 1. The van der Waals surface area contributed by atoms with Gasteiger partial charge < -0.3 is 4.42 Å². The van der Waals surface area contributed by atoms with E-state index in [-0.39, 0.29) is 0 Å². The lowest BCUT2D eigenvalue weighted by Crippen LogP contribution is -1.80. The highest BCUT2D eigenvalue weighted by molar-refractivity contribution is 6.30. The van der Waals surface area contributed by atoms with Gasteiger partial charge in [0.15, 0.2) is 0 Å². The van der Waals surface area contributed by atoms with Gasteiger partial charge in [-0.2, -0.15) is 5.10 Å². The van der Waals surface area contributed by atoms with Gasteiger partial charge in [0.1, 0.15) is 11.4 Å². The lowest BCUT2D eigenvalue weighted by Gasteiger charge is -1.94. The van der Waals surface area contributed by atoms with E-state index in [0.717, 1.165) is 11.3 Å². The van der Waals surface area contributed by atoms with Crippen molar-refractivity contribution >= 4 is 11.6 Å². The van der Waals surface area contributed by atoms with E-state index in [1.807, 2.05) is 48.5 Å². The van der Waals surface area contributed by atoms with Crippen LogP contribution in [-0.2, 0) is 0 Å². The molecule has 0 saturated carbocycles. The number of aromatic nitrogens is 5. The first-order valence-electron chi connectivity index (χ1n) is 6.86. The molecule has 4 aromatic rings. The Hall–Kier alpha value is -2.99. The minimum atomic E-state index is 0.360. The van der Waals surface area contributed by atoms with Crippen LogP contribution in [0, 0.1) is 0 Å². The Morgan fingerprint density at radius 3 is 2.52 bits per heavy atom. The molecule has 0 aliphatic heterocycles. The molecule has 0 amide bonds. The van der Waals surface area contributed by atoms with E-state index in [2.05, 4.69) is 25.4 Å². The molecule has 6 nitrogen and oxygen atoms in total. The van der Waals surface area contributed by atoms with E-state index >= 15 is 0 Å². The molecule has 0 aliphatic carbocycles. The predicted molar refractivity (Wildman–Crippen MR) is 85.6 cm³/mol. The molecule has 112 valence electrons. The maximum atomic E-state index is 5.89. The first-order chi connectivity index (χ1) is 11.3. The van der Waals surface area contributed by atoms with Crippen LogP contribution in [0.15, 0.2) is 59.1 Å². The Labute approximate surface area is 136 Å². The maximum absolute atomic E-state index is 5.89. The normalized spacial score (nSPS) is 10.8. The summed E-state index contributed by atoms with van der Waals surface area (Å²) < 4.78 is 5.65. The molecule has 0 aliphatic rings. The van der Waals surface area contributed by atoms with Crippen LogP contribution in [0.5, 0.6) is 0 Å². The van der Waals surface area contributed by atoms with Crippen molar-refractivity contribution in [2.24, 2.45) is 0 Å². The molecule has 3 heterocycles. The smallest absolute Gasteiger partial charge is 0.266 e. The molecule has 0 unspecified atom stereocenters. The molecule has 0 radical (unpaired) electrons. The molecule has 3 aromatic heterocycles. The van der Waals surface area contributed by atoms with E-state index < -0.39 is 0 Å². The standard InChI is InChI=1S/C16H10ClN5O/c17-11-6-4-10(5-7-11)13-9-14(20-19-13)16-22-21-15(23-16)12-3-1-2-8-18-12/h1-9H,(H,19,20). The molecule has 7 heteroatoms. The molecule has 0 bridgehead atoms. The van der Waals surface area contributed by atoms with Crippen molar-refractivity contribution in [3.8, 4) is 34.4 Å². The second kappa shape index (κ2) is 5.66. The highest BCUT2D eigenvalue weighted by Crippen LogP contribution is 2.25. The molecule has 1 aromatic carbocycles. The van der Waals surface area contributed by atoms with Crippen molar-refractivity contribution in [2.45, 2.75) is 0 Å².